The van der Waals surface area contributed by atoms with Crippen molar-refractivity contribution in [3.05, 3.63) is 50.7 Å². The van der Waals surface area contributed by atoms with Gasteiger partial charge >= 0.3 is 0 Å². The second kappa shape index (κ2) is 3.70. The van der Waals surface area contributed by atoms with Gasteiger partial charge in [-0.25, -0.2) is 4.98 Å². The van der Waals surface area contributed by atoms with Crippen molar-refractivity contribution in [1.29, 1.82) is 0 Å². The predicted octanol–water partition coefficient (Wildman–Crippen LogP) is 2.50. The molecule has 3 rings (SSSR count). The summed E-state index contributed by atoms with van der Waals surface area (Å²) >= 11 is 6.16. The first-order valence-electron chi connectivity index (χ1n) is 5.54. The summed E-state index contributed by atoms with van der Waals surface area (Å²) in [7, 11) is 0. The second-order valence-corrected chi connectivity index (χ2v) is 4.65. The van der Waals surface area contributed by atoms with E-state index >= 15 is 0 Å². The van der Waals surface area contributed by atoms with Gasteiger partial charge in [-0.1, -0.05) is 23.7 Å². The van der Waals surface area contributed by atoms with Gasteiger partial charge in [0.15, 0.2) is 0 Å². The van der Waals surface area contributed by atoms with Gasteiger partial charge in [-0.2, -0.15) is 0 Å². The first-order chi connectivity index (χ1) is 8.16. The van der Waals surface area contributed by atoms with Crippen LogP contribution in [0.2, 0.25) is 5.02 Å². The summed E-state index contributed by atoms with van der Waals surface area (Å²) in [6, 6.07) is 5.67. The van der Waals surface area contributed by atoms with E-state index in [2.05, 4.69) is 9.97 Å². The molecule has 0 saturated heterocycles. The molecule has 0 unspecified atom stereocenters. The lowest BCUT2D eigenvalue weighted by Gasteiger charge is -2.19. The van der Waals surface area contributed by atoms with Gasteiger partial charge < -0.3 is 4.98 Å². The molecule has 0 spiro atoms. The summed E-state index contributed by atoms with van der Waals surface area (Å²) < 4.78 is 0. The Hall–Kier alpha value is -1.61. The molecule has 1 aliphatic carbocycles. The average Bonchev–Trinajstić information content (AvgIpc) is 2.28. The van der Waals surface area contributed by atoms with E-state index in [9.17, 15) is 4.79 Å². The lowest BCUT2D eigenvalue weighted by atomic mass is 9.89. The van der Waals surface area contributed by atoms with E-state index in [1.54, 1.807) is 6.92 Å². The maximum Gasteiger partial charge on any atom is 0.259 e. The van der Waals surface area contributed by atoms with Gasteiger partial charge in [0.1, 0.15) is 5.82 Å². The number of benzene rings is 1. The Balaban J connectivity index is 2.37. The topological polar surface area (TPSA) is 45.8 Å². The van der Waals surface area contributed by atoms with Crippen LogP contribution < -0.4 is 5.56 Å². The normalized spacial score (nSPS) is 13.1. The molecular weight excluding hydrogens is 236 g/mol. The number of hydrogen-bond donors (Lipinski definition) is 1. The number of halogens is 1. The summed E-state index contributed by atoms with van der Waals surface area (Å²) in [5, 5.41) is 0.730. The number of hydrogen-bond acceptors (Lipinski definition) is 2. The maximum atomic E-state index is 12.0. The molecule has 0 amide bonds. The van der Waals surface area contributed by atoms with E-state index in [0.717, 1.165) is 34.7 Å². The number of rotatable bonds is 0. The molecule has 4 heteroatoms. The standard InChI is InChI=1S/C13H11ClN2O/c1-7-15-11-6-5-8-9(3-2-4-10(8)14)12(11)13(17)16-7/h2-4H,5-6H2,1H3,(H,15,16,17). The minimum Gasteiger partial charge on any atom is -0.310 e. The summed E-state index contributed by atoms with van der Waals surface area (Å²) in [6.45, 7) is 1.80. The van der Waals surface area contributed by atoms with Gasteiger partial charge in [0.2, 0.25) is 0 Å². The molecule has 0 radical (unpaired) electrons. The number of H-pyrrole nitrogens is 1. The van der Waals surface area contributed by atoms with Crippen LogP contribution in [0.5, 0.6) is 0 Å². The fourth-order valence-electron chi connectivity index (χ4n) is 2.39. The number of nitrogens with one attached hydrogen (secondary N) is 1. The monoisotopic (exact) mass is 246 g/mol. The van der Waals surface area contributed by atoms with Gasteiger partial charge in [-0.15, -0.1) is 0 Å². The highest BCUT2D eigenvalue weighted by Crippen LogP contribution is 2.33. The number of nitrogens with zero attached hydrogens (tertiary/aromatic N) is 1. The molecule has 1 aliphatic rings. The van der Waals surface area contributed by atoms with Crippen molar-refractivity contribution >= 4 is 11.6 Å². The predicted molar refractivity (Wildman–Crippen MR) is 67.4 cm³/mol. The van der Waals surface area contributed by atoms with Crippen molar-refractivity contribution in [3.8, 4) is 11.1 Å². The molecule has 0 fully saturated rings. The van der Waals surface area contributed by atoms with Crippen LogP contribution in [0, 0.1) is 6.92 Å². The van der Waals surface area contributed by atoms with Crippen LogP contribution in [0.4, 0.5) is 0 Å². The fraction of sp³-hybridized carbons (Fsp3) is 0.231. The van der Waals surface area contributed by atoms with Crippen LogP contribution in [0.1, 0.15) is 17.1 Å². The maximum absolute atomic E-state index is 12.0. The van der Waals surface area contributed by atoms with Crippen LogP contribution >= 0.6 is 11.6 Å². The zero-order valence-electron chi connectivity index (χ0n) is 9.38. The lowest BCUT2D eigenvalue weighted by molar-refractivity contribution is 0.854. The van der Waals surface area contributed by atoms with Crippen molar-refractivity contribution in [2.45, 2.75) is 19.8 Å². The van der Waals surface area contributed by atoms with E-state index in [1.807, 2.05) is 18.2 Å². The molecule has 1 N–H and O–H groups in total. The molecule has 17 heavy (non-hydrogen) atoms. The zero-order chi connectivity index (χ0) is 12.0. The summed E-state index contributed by atoms with van der Waals surface area (Å²) in [5.74, 6) is 0.666. The largest absolute Gasteiger partial charge is 0.310 e. The Morgan fingerprint density at radius 2 is 2.18 bits per heavy atom. The molecule has 1 aromatic heterocycles. The summed E-state index contributed by atoms with van der Waals surface area (Å²) in [6.07, 6.45) is 1.62. The van der Waals surface area contributed by atoms with Gasteiger partial charge in [0.05, 0.1) is 11.3 Å². The molecular formula is C13H11ClN2O. The fourth-order valence-corrected chi connectivity index (χ4v) is 2.66. The Labute approximate surface area is 103 Å². The molecule has 0 saturated carbocycles. The van der Waals surface area contributed by atoms with E-state index < -0.39 is 0 Å². The highest BCUT2D eigenvalue weighted by Gasteiger charge is 2.22. The van der Waals surface area contributed by atoms with Gasteiger partial charge in [-0.3, -0.25) is 4.79 Å². The SMILES string of the molecule is Cc1nc2c(c(=O)[nH]1)-c1cccc(Cl)c1CC2. The van der Waals surface area contributed by atoms with E-state index in [0.29, 0.717) is 11.4 Å². The van der Waals surface area contributed by atoms with E-state index in [4.69, 9.17) is 11.6 Å². The Morgan fingerprint density at radius 3 is 3.00 bits per heavy atom. The molecule has 3 nitrogen and oxygen atoms in total. The van der Waals surface area contributed by atoms with Crippen LogP contribution in [0.3, 0.4) is 0 Å². The minimum atomic E-state index is -0.0734. The van der Waals surface area contributed by atoms with Crippen molar-refractivity contribution in [2.24, 2.45) is 0 Å². The third-order valence-corrected chi connectivity index (χ3v) is 3.47. The average molecular weight is 247 g/mol. The molecule has 0 bridgehead atoms. The van der Waals surface area contributed by atoms with Crippen molar-refractivity contribution in [2.75, 3.05) is 0 Å². The first kappa shape index (κ1) is 10.5. The third-order valence-electron chi connectivity index (χ3n) is 3.11. The highest BCUT2D eigenvalue weighted by atomic mass is 35.5. The summed E-state index contributed by atoms with van der Waals surface area (Å²) in [4.78, 5) is 19.2. The minimum absolute atomic E-state index is 0.0734. The van der Waals surface area contributed by atoms with Crippen LogP contribution in [0.15, 0.2) is 23.0 Å². The van der Waals surface area contributed by atoms with Crippen molar-refractivity contribution < 1.29 is 0 Å². The first-order valence-corrected chi connectivity index (χ1v) is 5.92. The van der Waals surface area contributed by atoms with Gasteiger partial charge in [-0.05, 0) is 37.0 Å². The van der Waals surface area contributed by atoms with Crippen LogP contribution in [-0.2, 0) is 12.8 Å². The second-order valence-electron chi connectivity index (χ2n) is 4.24. The lowest BCUT2D eigenvalue weighted by Crippen LogP contribution is -2.20. The van der Waals surface area contributed by atoms with Gasteiger partial charge in [0, 0.05) is 5.02 Å². The van der Waals surface area contributed by atoms with Crippen molar-refractivity contribution in [1.82, 2.24) is 9.97 Å². The highest BCUT2D eigenvalue weighted by molar-refractivity contribution is 6.31. The molecule has 1 aromatic carbocycles. The zero-order valence-corrected chi connectivity index (χ0v) is 10.1. The molecule has 86 valence electrons. The quantitative estimate of drug-likeness (QED) is 0.776. The molecule has 1 heterocycles. The number of aromatic amines is 1. The Kier molecular flexibility index (Phi) is 2.30. The molecule has 2 aromatic rings. The van der Waals surface area contributed by atoms with Gasteiger partial charge in [0.25, 0.3) is 5.56 Å². The molecule has 0 atom stereocenters. The van der Waals surface area contributed by atoms with Crippen LogP contribution in [0.25, 0.3) is 11.1 Å². The third kappa shape index (κ3) is 1.58. The molecule has 0 aliphatic heterocycles. The smallest absolute Gasteiger partial charge is 0.259 e. The number of fused-ring (bicyclic) bond motifs is 3. The Bertz CT molecular complexity index is 661. The number of aryl methyl sites for hydroxylation is 2. The van der Waals surface area contributed by atoms with Crippen LogP contribution in [-0.4, -0.2) is 9.97 Å². The Morgan fingerprint density at radius 1 is 1.35 bits per heavy atom. The van der Waals surface area contributed by atoms with Crippen molar-refractivity contribution in [3.63, 3.8) is 0 Å². The number of aromatic nitrogens is 2. The summed E-state index contributed by atoms with van der Waals surface area (Å²) in [5.41, 5.74) is 3.46. The van der Waals surface area contributed by atoms with E-state index in [1.165, 1.54) is 0 Å². The van der Waals surface area contributed by atoms with E-state index in [-0.39, 0.29) is 5.56 Å².